The molecule has 1 saturated carbocycles. The zero-order chi connectivity index (χ0) is 10.9. The van der Waals surface area contributed by atoms with Crippen molar-refractivity contribution < 1.29 is 4.79 Å². The van der Waals surface area contributed by atoms with E-state index >= 15 is 0 Å². The van der Waals surface area contributed by atoms with Crippen LogP contribution in [0.2, 0.25) is 0 Å². The van der Waals surface area contributed by atoms with E-state index in [0.717, 1.165) is 32.5 Å². The van der Waals surface area contributed by atoms with Crippen molar-refractivity contribution in [3.63, 3.8) is 0 Å². The Morgan fingerprint density at radius 3 is 2.80 bits per heavy atom. The third kappa shape index (κ3) is 2.71. The predicted molar refractivity (Wildman–Crippen MR) is 60.5 cm³/mol. The molecule has 3 heteroatoms. The van der Waals surface area contributed by atoms with Crippen molar-refractivity contribution in [2.45, 2.75) is 33.1 Å². The minimum absolute atomic E-state index is 0.209. The monoisotopic (exact) mass is 210 g/mol. The van der Waals surface area contributed by atoms with Gasteiger partial charge < -0.3 is 10.6 Å². The fraction of sp³-hybridized carbons (Fsp3) is 0.917. The first-order valence-electron chi connectivity index (χ1n) is 6.08. The van der Waals surface area contributed by atoms with E-state index in [-0.39, 0.29) is 11.8 Å². The molecule has 2 rings (SSSR count). The summed E-state index contributed by atoms with van der Waals surface area (Å²) in [5, 5.41) is 6.37. The third-order valence-electron chi connectivity index (χ3n) is 3.91. The molecule has 0 radical (unpaired) electrons. The Morgan fingerprint density at radius 1 is 1.53 bits per heavy atom. The maximum Gasteiger partial charge on any atom is 0.224 e. The van der Waals surface area contributed by atoms with Gasteiger partial charge in [0.1, 0.15) is 0 Å². The van der Waals surface area contributed by atoms with Gasteiger partial charge >= 0.3 is 0 Å². The molecule has 3 nitrogen and oxygen atoms in total. The summed E-state index contributed by atoms with van der Waals surface area (Å²) in [5.41, 5.74) is 0.470. The molecule has 1 aliphatic heterocycles. The summed E-state index contributed by atoms with van der Waals surface area (Å²) >= 11 is 0. The highest BCUT2D eigenvalue weighted by molar-refractivity contribution is 5.79. The van der Waals surface area contributed by atoms with Crippen LogP contribution in [0.15, 0.2) is 0 Å². The Morgan fingerprint density at radius 2 is 2.27 bits per heavy atom. The van der Waals surface area contributed by atoms with Gasteiger partial charge in [0.25, 0.3) is 0 Å². The van der Waals surface area contributed by atoms with E-state index in [1.54, 1.807) is 0 Å². The van der Waals surface area contributed by atoms with E-state index < -0.39 is 0 Å². The standard InChI is InChI=1S/C12H22N2O/c1-12(2)6-10(12)8-14-11(15)9-4-3-5-13-7-9/h9-10,13H,3-8H2,1-2H3,(H,14,15)/t9-,10?/m0/s1. The molecule has 0 aromatic rings. The molecule has 1 saturated heterocycles. The fourth-order valence-electron chi connectivity index (χ4n) is 2.37. The summed E-state index contributed by atoms with van der Waals surface area (Å²) in [4.78, 5) is 11.8. The summed E-state index contributed by atoms with van der Waals surface area (Å²) in [6, 6.07) is 0. The van der Waals surface area contributed by atoms with Crippen molar-refractivity contribution in [1.29, 1.82) is 0 Å². The lowest BCUT2D eigenvalue weighted by Crippen LogP contribution is -2.41. The molecule has 2 atom stereocenters. The number of hydrogen-bond acceptors (Lipinski definition) is 2. The Balaban J connectivity index is 1.68. The van der Waals surface area contributed by atoms with Crippen molar-refractivity contribution in [3.8, 4) is 0 Å². The van der Waals surface area contributed by atoms with Gasteiger partial charge in [0.2, 0.25) is 5.91 Å². The van der Waals surface area contributed by atoms with Crippen LogP contribution in [0.5, 0.6) is 0 Å². The van der Waals surface area contributed by atoms with Crippen LogP contribution in [-0.2, 0) is 4.79 Å². The molecule has 0 bridgehead atoms. The molecular formula is C12H22N2O. The van der Waals surface area contributed by atoms with Crippen LogP contribution >= 0.6 is 0 Å². The second-order valence-corrected chi connectivity index (χ2v) is 5.68. The lowest BCUT2D eigenvalue weighted by molar-refractivity contribution is -0.125. The number of rotatable bonds is 3. The smallest absolute Gasteiger partial charge is 0.224 e. The first-order valence-corrected chi connectivity index (χ1v) is 6.08. The first kappa shape index (κ1) is 10.9. The van der Waals surface area contributed by atoms with Crippen LogP contribution in [0.1, 0.15) is 33.1 Å². The normalized spacial score (nSPS) is 33.5. The van der Waals surface area contributed by atoms with Crippen molar-refractivity contribution in [3.05, 3.63) is 0 Å². The maximum absolute atomic E-state index is 11.8. The highest BCUT2D eigenvalue weighted by atomic mass is 16.1. The number of hydrogen-bond donors (Lipinski definition) is 2. The minimum Gasteiger partial charge on any atom is -0.356 e. The van der Waals surface area contributed by atoms with Gasteiger partial charge in [-0.2, -0.15) is 0 Å². The number of carbonyl (C=O) groups excluding carboxylic acids is 1. The summed E-state index contributed by atoms with van der Waals surface area (Å²) in [6.07, 6.45) is 3.44. The molecule has 86 valence electrons. The Kier molecular flexibility index (Phi) is 3.01. The van der Waals surface area contributed by atoms with Crippen LogP contribution in [0.25, 0.3) is 0 Å². The van der Waals surface area contributed by atoms with E-state index in [1.807, 2.05) is 0 Å². The number of amides is 1. The van der Waals surface area contributed by atoms with E-state index in [2.05, 4.69) is 24.5 Å². The van der Waals surface area contributed by atoms with Gasteiger partial charge in [-0.15, -0.1) is 0 Å². The topological polar surface area (TPSA) is 41.1 Å². The van der Waals surface area contributed by atoms with Crippen LogP contribution in [0, 0.1) is 17.3 Å². The van der Waals surface area contributed by atoms with E-state index in [1.165, 1.54) is 6.42 Å². The SMILES string of the molecule is CC1(C)CC1CNC(=O)[C@H]1CCCNC1. The van der Waals surface area contributed by atoms with Crippen molar-refractivity contribution in [1.82, 2.24) is 10.6 Å². The molecule has 0 aromatic heterocycles. The molecule has 2 N–H and O–H groups in total. The third-order valence-corrected chi connectivity index (χ3v) is 3.91. The second-order valence-electron chi connectivity index (χ2n) is 5.68. The number of nitrogens with one attached hydrogen (secondary N) is 2. The van der Waals surface area contributed by atoms with Gasteiger partial charge in [0, 0.05) is 13.1 Å². The van der Waals surface area contributed by atoms with Crippen molar-refractivity contribution in [2.75, 3.05) is 19.6 Å². The highest BCUT2D eigenvalue weighted by Crippen LogP contribution is 2.50. The number of piperidine rings is 1. The summed E-state index contributed by atoms with van der Waals surface area (Å²) in [7, 11) is 0. The molecule has 1 unspecified atom stereocenters. The molecule has 1 heterocycles. The van der Waals surface area contributed by atoms with Gasteiger partial charge in [-0.3, -0.25) is 4.79 Å². The lowest BCUT2D eigenvalue weighted by atomic mass is 9.99. The zero-order valence-electron chi connectivity index (χ0n) is 9.81. The molecule has 2 aliphatic rings. The lowest BCUT2D eigenvalue weighted by Gasteiger charge is -2.22. The average Bonchev–Trinajstić information content (AvgIpc) is 2.84. The first-order chi connectivity index (χ1) is 7.09. The summed E-state index contributed by atoms with van der Waals surface area (Å²) in [5.74, 6) is 1.17. The number of carbonyl (C=O) groups is 1. The molecule has 15 heavy (non-hydrogen) atoms. The predicted octanol–water partition coefficient (Wildman–Crippen LogP) is 1.15. The average molecular weight is 210 g/mol. The molecule has 1 amide bonds. The van der Waals surface area contributed by atoms with Gasteiger partial charge in [0.05, 0.1) is 5.92 Å². The maximum atomic E-state index is 11.8. The van der Waals surface area contributed by atoms with E-state index in [0.29, 0.717) is 11.3 Å². The van der Waals surface area contributed by atoms with Crippen molar-refractivity contribution in [2.24, 2.45) is 17.3 Å². The zero-order valence-corrected chi connectivity index (χ0v) is 9.81. The van der Waals surface area contributed by atoms with Gasteiger partial charge in [-0.25, -0.2) is 0 Å². The second kappa shape index (κ2) is 4.12. The summed E-state index contributed by atoms with van der Waals surface area (Å²) in [6.45, 7) is 7.35. The molecule has 1 aliphatic carbocycles. The van der Waals surface area contributed by atoms with Crippen LogP contribution in [0.4, 0.5) is 0 Å². The molecule has 0 spiro atoms. The molecule has 0 aromatic carbocycles. The van der Waals surface area contributed by atoms with Crippen molar-refractivity contribution >= 4 is 5.91 Å². The fourth-order valence-corrected chi connectivity index (χ4v) is 2.37. The quantitative estimate of drug-likeness (QED) is 0.733. The van der Waals surface area contributed by atoms with Gasteiger partial charge in [-0.05, 0) is 37.1 Å². The Labute approximate surface area is 92.0 Å². The van der Waals surface area contributed by atoms with Gasteiger partial charge in [-0.1, -0.05) is 13.8 Å². The molecular weight excluding hydrogens is 188 g/mol. The largest absolute Gasteiger partial charge is 0.356 e. The highest BCUT2D eigenvalue weighted by Gasteiger charge is 2.45. The van der Waals surface area contributed by atoms with Crippen LogP contribution < -0.4 is 10.6 Å². The van der Waals surface area contributed by atoms with Gasteiger partial charge in [0.15, 0.2) is 0 Å². The summed E-state index contributed by atoms with van der Waals surface area (Å²) < 4.78 is 0. The minimum atomic E-state index is 0.209. The van der Waals surface area contributed by atoms with E-state index in [9.17, 15) is 4.79 Å². The van der Waals surface area contributed by atoms with Crippen LogP contribution in [-0.4, -0.2) is 25.5 Å². The molecule has 2 fully saturated rings. The Bertz CT molecular complexity index is 244. The van der Waals surface area contributed by atoms with E-state index in [4.69, 9.17) is 0 Å². The Hall–Kier alpha value is -0.570. The van der Waals surface area contributed by atoms with Crippen LogP contribution in [0.3, 0.4) is 0 Å².